The van der Waals surface area contributed by atoms with Gasteiger partial charge in [-0.25, -0.2) is 9.67 Å². The summed E-state index contributed by atoms with van der Waals surface area (Å²) in [6, 6.07) is 9.71. The molecule has 0 saturated carbocycles. The molecule has 3 aromatic rings. The zero-order valence-corrected chi connectivity index (χ0v) is 15.9. The van der Waals surface area contributed by atoms with E-state index in [1.54, 1.807) is 17.9 Å². The van der Waals surface area contributed by atoms with Gasteiger partial charge in [0.05, 0.1) is 18.8 Å². The van der Waals surface area contributed by atoms with E-state index in [9.17, 15) is 4.79 Å². The maximum Gasteiger partial charge on any atom is 0.291 e. The summed E-state index contributed by atoms with van der Waals surface area (Å²) < 4.78 is 11.8. The van der Waals surface area contributed by atoms with Crippen LogP contribution in [0.25, 0.3) is 5.69 Å². The molecule has 0 spiro atoms. The van der Waals surface area contributed by atoms with Crippen LogP contribution in [-0.2, 0) is 17.9 Å². The van der Waals surface area contributed by atoms with Crippen molar-refractivity contribution in [1.29, 1.82) is 0 Å². The molecular formula is C19H23N5O3. The first-order valence-electron chi connectivity index (χ1n) is 8.74. The molecule has 0 bridgehead atoms. The van der Waals surface area contributed by atoms with Gasteiger partial charge in [-0.3, -0.25) is 4.79 Å². The Morgan fingerprint density at radius 3 is 2.85 bits per heavy atom. The number of aryl methyl sites for hydroxylation is 1. The predicted molar refractivity (Wildman–Crippen MR) is 98.6 cm³/mol. The number of hydrogen-bond acceptors (Lipinski definition) is 6. The van der Waals surface area contributed by atoms with Gasteiger partial charge in [0.1, 0.15) is 11.5 Å². The van der Waals surface area contributed by atoms with E-state index in [1.807, 2.05) is 25.1 Å². The van der Waals surface area contributed by atoms with Crippen LogP contribution in [0.4, 0.5) is 0 Å². The number of carbonyl (C=O) groups is 1. The summed E-state index contributed by atoms with van der Waals surface area (Å²) in [5, 5.41) is 11.0. The fourth-order valence-electron chi connectivity index (χ4n) is 2.78. The number of para-hydroxylation sites is 1. The molecule has 0 aliphatic carbocycles. The van der Waals surface area contributed by atoms with Gasteiger partial charge < -0.3 is 14.6 Å². The quantitative estimate of drug-likeness (QED) is 0.688. The summed E-state index contributed by atoms with van der Waals surface area (Å²) in [5.41, 5.74) is 2.74. The fourth-order valence-corrected chi connectivity index (χ4v) is 2.78. The van der Waals surface area contributed by atoms with E-state index < -0.39 is 0 Å². The van der Waals surface area contributed by atoms with Crippen molar-refractivity contribution in [3.63, 3.8) is 0 Å². The Hall–Kier alpha value is -3.00. The molecule has 0 atom stereocenters. The second kappa shape index (κ2) is 8.13. The van der Waals surface area contributed by atoms with Gasteiger partial charge in [0.2, 0.25) is 5.82 Å². The molecule has 1 N–H and O–H groups in total. The average molecular weight is 369 g/mol. The van der Waals surface area contributed by atoms with Crippen LogP contribution in [0.3, 0.4) is 0 Å². The van der Waals surface area contributed by atoms with Crippen molar-refractivity contribution in [2.75, 3.05) is 7.11 Å². The van der Waals surface area contributed by atoms with Gasteiger partial charge in [-0.15, -0.1) is 5.10 Å². The zero-order chi connectivity index (χ0) is 19.4. The third-order valence-corrected chi connectivity index (χ3v) is 4.08. The van der Waals surface area contributed by atoms with Crippen LogP contribution in [0.2, 0.25) is 0 Å². The van der Waals surface area contributed by atoms with E-state index in [2.05, 4.69) is 40.5 Å². The highest BCUT2D eigenvalue weighted by molar-refractivity contribution is 5.90. The largest absolute Gasteiger partial charge is 0.378 e. The Morgan fingerprint density at radius 1 is 1.33 bits per heavy atom. The first-order valence-corrected chi connectivity index (χ1v) is 8.74. The van der Waals surface area contributed by atoms with Crippen LogP contribution in [0.15, 0.2) is 34.9 Å². The average Bonchev–Trinajstić information content (AvgIpc) is 3.26. The SMILES string of the molecule is COCc1cc(CNC(=O)c2nc(C)n(-c3ccccc3C(C)C)n2)on1. The Bertz CT molecular complexity index is 929. The Balaban J connectivity index is 1.75. The van der Waals surface area contributed by atoms with Crippen LogP contribution in [0.5, 0.6) is 0 Å². The third kappa shape index (κ3) is 4.22. The lowest BCUT2D eigenvalue weighted by atomic mass is 10.0. The van der Waals surface area contributed by atoms with E-state index >= 15 is 0 Å². The standard InChI is InChI=1S/C19H23N5O3/c1-12(2)16-7-5-6-8-17(16)24-13(3)21-18(22-24)19(25)20-10-15-9-14(11-26-4)23-27-15/h5-9,12H,10-11H2,1-4H3,(H,20,25). The normalized spacial score (nSPS) is 11.1. The molecule has 1 aromatic carbocycles. The second-order valence-corrected chi connectivity index (χ2v) is 6.51. The fraction of sp³-hybridized carbons (Fsp3) is 0.368. The highest BCUT2D eigenvalue weighted by Crippen LogP contribution is 2.23. The summed E-state index contributed by atoms with van der Waals surface area (Å²) >= 11 is 0. The molecule has 27 heavy (non-hydrogen) atoms. The highest BCUT2D eigenvalue weighted by atomic mass is 16.5. The summed E-state index contributed by atoms with van der Waals surface area (Å²) in [7, 11) is 1.58. The van der Waals surface area contributed by atoms with Crippen molar-refractivity contribution in [3.05, 3.63) is 59.0 Å². The second-order valence-electron chi connectivity index (χ2n) is 6.51. The summed E-state index contributed by atoms with van der Waals surface area (Å²) in [5.74, 6) is 1.26. The molecular weight excluding hydrogens is 346 g/mol. The summed E-state index contributed by atoms with van der Waals surface area (Å²) in [4.78, 5) is 16.7. The van der Waals surface area contributed by atoms with E-state index in [1.165, 1.54) is 0 Å². The number of aromatic nitrogens is 4. The molecule has 2 aromatic heterocycles. The van der Waals surface area contributed by atoms with Crippen LogP contribution in [0, 0.1) is 6.92 Å². The van der Waals surface area contributed by atoms with Crippen molar-refractivity contribution in [2.24, 2.45) is 0 Å². The monoisotopic (exact) mass is 369 g/mol. The minimum absolute atomic E-state index is 0.114. The molecule has 0 saturated heterocycles. The number of nitrogens with zero attached hydrogens (tertiary/aromatic N) is 4. The van der Waals surface area contributed by atoms with Crippen molar-refractivity contribution in [1.82, 2.24) is 25.2 Å². The first-order chi connectivity index (χ1) is 13.0. The molecule has 1 amide bonds. The maximum atomic E-state index is 12.4. The number of hydrogen-bond donors (Lipinski definition) is 1. The number of carbonyl (C=O) groups excluding carboxylic acids is 1. The van der Waals surface area contributed by atoms with E-state index in [0.717, 1.165) is 11.3 Å². The lowest BCUT2D eigenvalue weighted by Gasteiger charge is -2.12. The molecule has 0 aliphatic heterocycles. The number of amides is 1. The number of rotatable bonds is 7. The van der Waals surface area contributed by atoms with Crippen LogP contribution < -0.4 is 5.32 Å². The van der Waals surface area contributed by atoms with Gasteiger partial charge in [0.15, 0.2) is 5.76 Å². The van der Waals surface area contributed by atoms with Crippen molar-refractivity contribution in [3.8, 4) is 5.69 Å². The Morgan fingerprint density at radius 2 is 2.11 bits per heavy atom. The molecule has 142 valence electrons. The molecule has 0 aliphatic rings. The molecule has 8 heteroatoms. The van der Waals surface area contributed by atoms with E-state index in [4.69, 9.17) is 9.26 Å². The zero-order valence-electron chi connectivity index (χ0n) is 15.9. The number of methoxy groups -OCH3 is 1. The topological polar surface area (TPSA) is 95.1 Å². The maximum absolute atomic E-state index is 12.4. The molecule has 8 nitrogen and oxygen atoms in total. The van der Waals surface area contributed by atoms with Gasteiger partial charge in [-0.2, -0.15) is 0 Å². The smallest absolute Gasteiger partial charge is 0.291 e. The molecule has 2 heterocycles. The van der Waals surface area contributed by atoms with Crippen molar-refractivity contribution in [2.45, 2.75) is 39.8 Å². The third-order valence-electron chi connectivity index (χ3n) is 4.08. The molecule has 0 unspecified atom stereocenters. The molecule has 0 radical (unpaired) electrons. The van der Waals surface area contributed by atoms with Gasteiger partial charge in [0.25, 0.3) is 5.91 Å². The van der Waals surface area contributed by atoms with Gasteiger partial charge in [-0.05, 0) is 24.5 Å². The minimum Gasteiger partial charge on any atom is -0.378 e. The lowest BCUT2D eigenvalue weighted by molar-refractivity contribution is 0.0936. The van der Waals surface area contributed by atoms with Gasteiger partial charge in [0, 0.05) is 13.2 Å². The lowest BCUT2D eigenvalue weighted by Crippen LogP contribution is -2.24. The number of ether oxygens (including phenoxy) is 1. The van der Waals surface area contributed by atoms with Crippen LogP contribution in [-0.4, -0.2) is 32.9 Å². The van der Waals surface area contributed by atoms with Crippen LogP contribution >= 0.6 is 0 Å². The van der Waals surface area contributed by atoms with Crippen molar-refractivity contribution < 1.29 is 14.1 Å². The van der Waals surface area contributed by atoms with Gasteiger partial charge >= 0.3 is 0 Å². The molecule has 0 fully saturated rings. The molecule has 3 rings (SSSR count). The Labute approximate surface area is 157 Å². The highest BCUT2D eigenvalue weighted by Gasteiger charge is 2.18. The summed E-state index contributed by atoms with van der Waals surface area (Å²) in [6.45, 7) is 6.62. The van der Waals surface area contributed by atoms with Crippen LogP contribution in [0.1, 0.15) is 53.2 Å². The van der Waals surface area contributed by atoms with E-state index in [0.29, 0.717) is 29.8 Å². The van der Waals surface area contributed by atoms with Crippen molar-refractivity contribution >= 4 is 5.91 Å². The van der Waals surface area contributed by atoms with E-state index in [-0.39, 0.29) is 18.3 Å². The minimum atomic E-state index is -0.372. The Kier molecular flexibility index (Phi) is 5.66. The number of benzene rings is 1. The first kappa shape index (κ1) is 18.8. The predicted octanol–water partition coefficient (Wildman–Crippen LogP) is 2.76. The number of nitrogens with one attached hydrogen (secondary N) is 1. The summed E-state index contributed by atoms with van der Waals surface area (Å²) in [6.07, 6.45) is 0. The van der Waals surface area contributed by atoms with Gasteiger partial charge in [-0.1, -0.05) is 37.2 Å².